The Balaban J connectivity index is 1.56. The van der Waals surface area contributed by atoms with Gasteiger partial charge in [0.25, 0.3) is 0 Å². The molecule has 0 radical (unpaired) electrons. The van der Waals surface area contributed by atoms with E-state index in [-0.39, 0.29) is 18.2 Å². The Morgan fingerprint density at radius 3 is 2.64 bits per heavy atom. The molecule has 2 aromatic rings. The van der Waals surface area contributed by atoms with Gasteiger partial charge in [0.05, 0.1) is 12.1 Å². The smallest absolute Gasteiger partial charge is 0.315 e. The summed E-state index contributed by atoms with van der Waals surface area (Å²) in [5.41, 5.74) is 3.61. The van der Waals surface area contributed by atoms with E-state index in [1.165, 1.54) is 11.1 Å². The van der Waals surface area contributed by atoms with Crippen LogP contribution in [0.4, 0.5) is 4.79 Å². The zero-order valence-electron chi connectivity index (χ0n) is 14.7. The van der Waals surface area contributed by atoms with Crippen LogP contribution in [0.3, 0.4) is 0 Å². The van der Waals surface area contributed by atoms with Crippen LogP contribution in [0.1, 0.15) is 35.6 Å². The average Bonchev–Trinajstić information content (AvgIpc) is 3.16. The summed E-state index contributed by atoms with van der Waals surface area (Å²) in [4.78, 5) is 12.4. The van der Waals surface area contributed by atoms with Crippen LogP contribution in [0.15, 0.2) is 54.6 Å². The van der Waals surface area contributed by atoms with E-state index in [1.807, 2.05) is 42.5 Å². The van der Waals surface area contributed by atoms with Crippen molar-refractivity contribution in [2.24, 2.45) is 0 Å². The van der Waals surface area contributed by atoms with Gasteiger partial charge in [0.1, 0.15) is 0 Å². The van der Waals surface area contributed by atoms with E-state index in [2.05, 4.69) is 29.7 Å². The van der Waals surface area contributed by atoms with Crippen molar-refractivity contribution < 1.29 is 9.53 Å². The lowest BCUT2D eigenvalue weighted by molar-refractivity contribution is 0.0807. The number of benzene rings is 2. The molecule has 132 valence electrons. The summed E-state index contributed by atoms with van der Waals surface area (Å²) in [6, 6.07) is 18.1. The molecule has 3 rings (SSSR count). The minimum absolute atomic E-state index is 0.0458. The van der Waals surface area contributed by atoms with Gasteiger partial charge in [-0.15, -0.1) is 0 Å². The first-order valence-electron chi connectivity index (χ1n) is 8.99. The minimum Gasteiger partial charge on any atom is -0.376 e. The van der Waals surface area contributed by atoms with Gasteiger partial charge in [0, 0.05) is 13.2 Å². The Hall–Kier alpha value is -2.33. The molecule has 1 heterocycles. The number of aryl methyl sites for hydroxylation is 1. The first-order valence-corrected chi connectivity index (χ1v) is 8.99. The highest BCUT2D eigenvalue weighted by Gasteiger charge is 2.28. The molecule has 0 aromatic heterocycles. The molecular formula is C21H26N2O2. The molecule has 1 fully saturated rings. The van der Waals surface area contributed by atoms with E-state index in [1.54, 1.807) is 0 Å². The van der Waals surface area contributed by atoms with Gasteiger partial charge in [0.2, 0.25) is 0 Å². The van der Waals surface area contributed by atoms with Crippen LogP contribution in [0, 0.1) is 6.92 Å². The number of amides is 2. The van der Waals surface area contributed by atoms with E-state index in [4.69, 9.17) is 4.74 Å². The number of hydrogen-bond acceptors (Lipinski definition) is 2. The standard InChI is InChI=1S/C21H26N2O2/c1-16-8-5-6-9-17(16)13-14-22-21(24)23-20(19-12-7-15-25-19)18-10-3-2-4-11-18/h2-6,8-11,19-20H,7,12-15H2,1H3,(H2,22,23,24). The van der Waals surface area contributed by atoms with E-state index in [9.17, 15) is 4.79 Å². The normalized spacial score (nSPS) is 17.9. The second-order valence-electron chi connectivity index (χ2n) is 6.52. The Bertz CT molecular complexity index is 681. The Kier molecular flexibility index (Phi) is 6.07. The van der Waals surface area contributed by atoms with Crippen LogP contribution in [0.25, 0.3) is 0 Å². The minimum atomic E-state index is -0.141. The number of nitrogens with one attached hydrogen (secondary N) is 2. The molecule has 2 aromatic carbocycles. The van der Waals surface area contributed by atoms with Gasteiger partial charge >= 0.3 is 6.03 Å². The van der Waals surface area contributed by atoms with Gasteiger partial charge in [-0.3, -0.25) is 0 Å². The lowest BCUT2D eigenvalue weighted by Crippen LogP contribution is -2.42. The zero-order valence-corrected chi connectivity index (χ0v) is 14.7. The fraction of sp³-hybridized carbons (Fsp3) is 0.381. The van der Waals surface area contributed by atoms with E-state index in [0.717, 1.165) is 31.4 Å². The molecule has 1 aliphatic heterocycles. The van der Waals surface area contributed by atoms with Gasteiger partial charge in [-0.25, -0.2) is 4.79 Å². The first-order chi connectivity index (χ1) is 12.2. The van der Waals surface area contributed by atoms with E-state index < -0.39 is 0 Å². The first kappa shape index (κ1) is 17.5. The predicted molar refractivity (Wildman–Crippen MR) is 99.6 cm³/mol. The Morgan fingerprint density at radius 2 is 1.92 bits per heavy atom. The molecule has 4 nitrogen and oxygen atoms in total. The van der Waals surface area contributed by atoms with Crippen molar-refractivity contribution in [3.63, 3.8) is 0 Å². The highest BCUT2D eigenvalue weighted by molar-refractivity contribution is 5.74. The quantitative estimate of drug-likeness (QED) is 0.843. The molecule has 1 saturated heterocycles. The summed E-state index contributed by atoms with van der Waals surface area (Å²) in [5, 5.41) is 6.08. The van der Waals surface area contributed by atoms with Crippen LogP contribution in [-0.2, 0) is 11.2 Å². The molecule has 0 bridgehead atoms. The molecule has 25 heavy (non-hydrogen) atoms. The van der Waals surface area contributed by atoms with Gasteiger partial charge in [-0.05, 0) is 42.9 Å². The number of rotatable bonds is 6. The Morgan fingerprint density at radius 1 is 1.16 bits per heavy atom. The maximum absolute atomic E-state index is 12.4. The van der Waals surface area contributed by atoms with Crippen molar-refractivity contribution in [3.8, 4) is 0 Å². The van der Waals surface area contributed by atoms with Crippen molar-refractivity contribution >= 4 is 6.03 Å². The number of ether oxygens (including phenoxy) is 1. The fourth-order valence-corrected chi connectivity index (χ4v) is 3.31. The van der Waals surface area contributed by atoms with Gasteiger partial charge < -0.3 is 15.4 Å². The van der Waals surface area contributed by atoms with E-state index >= 15 is 0 Å². The topological polar surface area (TPSA) is 50.4 Å². The molecule has 2 unspecified atom stereocenters. The van der Waals surface area contributed by atoms with Gasteiger partial charge in [0.15, 0.2) is 0 Å². The van der Waals surface area contributed by atoms with Crippen LogP contribution in [0.2, 0.25) is 0 Å². The van der Waals surface area contributed by atoms with Crippen molar-refractivity contribution in [3.05, 3.63) is 71.3 Å². The average molecular weight is 338 g/mol. The number of carbonyl (C=O) groups excluding carboxylic acids is 1. The SMILES string of the molecule is Cc1ccccc1CCNC(=O)NC(c1ccccc1)C1CCCO1. The second-order valence-corrected chi connectivity index (χ2v) is 6.52. The molecule has 0 aliphatic carbocycles. The maximum Gasteiger partial charge on any atom is 0.315 e. The summed E-state index contributed by atoms with van der Waals surface area (Å²) in [5.74, 6) is 0. The predicted octanol–water partition coefficient (Wildman–Crippen LogP) is 3.76. The van der Waals surface area contributed by atoms with Crippen LogP contribution in [-0.4, -0.2) is 25.3 Å². The van der Waals surface area contributed by atoms with Crippen molar-refractivity contribution in [2.75, 3.05) is 13.2 Å². The lowest BCUT2D eigenvalue weighted by Gasteiger charge is -2.25. The van der Waals surface area contributed by atoms with Gasteiger partial charge in [-0.2, -0.15) is 0 Å². The third kappa shape index (κ3) is 4.83. The van der Waals surface area contributed by atoms with Crippen LogP contribution >= 0.6 is 0 Å². The summed E-state index contributed by atoms with van der Waals surface area (Å²) in [6.45, 7) is 3.48. The van der Waals surface area contributed by atoms with Crippen molar-refractivity contribution in [1.29, 1.82) is 0 Å². The van der Waals surface area contributed by atoms with Gasteiger partial charge in [-0.1, -0.05) is 54.6 Å². The Labute approximate surface area is 149 Å². The number of hydrogen-bond donors (Lipinski definition) is 2. The zero-order chi connectivity index (χ0) is 17.5. The molecule has 0 saturated carbocycles. The molecule has 4 heteroatoms. The van der Waals surface area contributed by atoms with E-state index in [0.29, 0.717) is 6.54 Å². The van der Waals surface area contributed by atoms with Crippen molar-refractivity contribution in [1.82, 2.24) is 10.6 Å². The number of urea groups is 1. The van der Waals surface area contributed by atoms with Crippen LogP contribution < -0.4 is 10.6 Å². The molecule has 0 spiro atoms. The highest BCUT2D eigenvalue weighted by atomic mass is 16.5. The fourth-order valence-electron chi connectivity index (χ4n) is 3.31. The summed E-state index contributed by atoms with van der Waals surface area (Å²) >= 11 is 0. The summed E-state index contributed by atoms with van der Waals surface area (Å²) in [6.07, 6.45) is 2.90. The molecule has 2 N–H and O–H groups in total. The third-order valence-corrected chi connectivity index (χ3v) is 4.72. The second kappa shape index (κ2) is 8.67. The lowest BCUT2D eigenvalue weighted by atomic mass is 9.99. The highest BCUT2D eigenvalue weighted by Crippen LogP contribution is 2.26. The largest absolute Gasteiger partial charge is 0.376 e. The number of carbonyl (C=O) groups is 1. The van der Waals surface area contributed by atoms with Crippen molar-refractivity contribution in [2.45, 2.75) is 38.3 Å². The summed E-state index contributed by atoms with van der Waals surface area (Å²) in [7, 11) is 0. The molecular weight excluding hydrogens is 312 g/mol. The monoisotopic (exact) mass is 338 g/mol. The molecule has 2 amide bonds. The summed E-state index contributed by atoms with van der Waals surface area (Å²) < 4.78 is 5.82. The third-order valence-electron chi connectivity index (χ3n) is 4.72. The van der Waals surface area contributed by atoms with Crippen LogP contribution in [0.5, 0.6) is 0 Å². The maximum atomic E-state index is 12.4. The molecule has 1 aliphatic rings. The molecule has 2 atom stereocenters.